The zero-order valence-electron chi connectivity index (χ0n) is 8.63. The molecule has 5 nitrogen and oxygen atoms in total. The van der Waals surface area contributed by atoms with Crippen molar-refractivity contribution in [2.45, 2.75) is 13.8 Å². The van der Waals surface area contributed by atoms with Gasteiger partial charge in [0.15, 0.2) is 0 Å². The van der Waals surface area contributed by atoms with Crippen molar-refractivity contribution in [2.75, 3.05) is 27.2 Å². The predicted octanol–water partition coefficient (Wildman–Crippen LogP) is 0.670. The van der Waals surface area contributed by atoms with E-state index >= 15 is 0 Å². The molecule has 0 radical (unpaired) electrons. The van der Waals surface area contributed by atoms with Crippen LogP contribution in [0.1, 0.15) is 13.8 Å². The number of ether oxygens (including phenoxy) is 1. The molecule has 0 bridgehead atoms. The highest BCUT2D eigenvalue weighted by atomic mass is 16.5. The van der Waals surface area contributed by atoms with Gasteiger partial charge in [0.2, 0.25) is 0 Å². The Morgan fingerprint density at radius 2 is 2.15 bits per heavy atom. The molecule has 0 rings (SSSR count). The largest absolute Gasteiger partial charge is 0.449 e. The minimum atomic E-state index is -0.513. The summed E-state index contributed by atoms with van der Waals surface area (Å²) >= 11 is 0. The molecule has 0 aromatic heterocycles. The fourth-order valence-corrected chi connectivity index (χ4v) is 0.797. The van der Waals surface area contributed by atoms with Gasteiger partial charge in [-0.3, -0.25) is 0 Å². The molecule has 5 heteroatoms. The first-order chi connectivity index (χ1) is 6.06. The summed E-state index contributed by atoms with van der Waals surface area (Å²) in [5.41, 5.74) is 3.12. The van der Waals surface area contributed by atoms with E-state index in [4.69, 9.17) is 0 Å². The van der Waals surface area contributed by atoms with Gasteiger partial charge in [-0.15, -0.1) is 0 Å². The number of carbonyl (C=O) groups excluding carboxylic acids is 1. The number of nitrogens with one attached hydrogen (secondary N) is 1. The minimum Gasteiger partial charge on any atom is -0.449 e. The van der Waals surface area contributed by atoms with Crippen molar-refractivity contribution < 1.29 is 9.53 Å². The average Bonchev–Trinajstić information content (AvgIpc) is 2.00. The summed E-state index contributed by atoms with van der Waals surface area (Å²) in [6.45, 7) is 4.66. The smallest absolute Gasteiger partial charge is 0.427 e. The molecule has 0 fully saturated rings. The molecule has 76 valence electrons. The molecule has 1 N–H and O–H groups in total. The van der Waals surface area contributed by atoms with E-state index in [2.05, 4.69) is 15.3 Å². The lowest BCUT2D eigenvalue weighted by Gasteiger charge is -2.08. The van der Waals surface area contributed by atoms with Crippen molar-refractivity contribution in [3.05, 3.63) is 0 Å². The molecule has 0 atom stereocenters. The number of hydrogen-bond donors (Lipinski definition) is 1. The number of nitrogens with zero attached hydrogens (tertiary/aromatic N) is 2. The second-order valence-corrected chi connectivity index (χ2v) is 2.92. The number of carbonyl (C=O) groups is 1. The van der Waals surface area contributed by atoms with Crippen LogP contribution in [-0.4, -0.2) is 44.0 Å². The lowest BCUT2D eigenvalue weighted by molar-refractivity contribution is 0.152. The lowest BCUT2D eigenvalue weighted by atomic mass is 10.4. The first kappa shape index (κ1) is 11.9. The van der Waals surface area contributed by atoms with Gasteiger partial charge in [-0.05, 0) is 27.9 Å². The number of rotatable bonds is 4. The highest BCUT2D eigenvalue weighted by Gasteiger charge is 1.98. The Bertz CT molecular complexity index is 190. The molecule has 13 heavy (non-hydrogen) atoms. The van der Waals surface area contributed by atoms with Crippen LogP contribution in [0.2, 0.25) is 0 Å². The summed E-state index contributed by atoms with van der Waals surface area (Å²) in [5.74, 6) is 0. The van der Waals surface area contributed by atoms with Crippen molar-refractivity contribution in [1.82, 2.24) is 10.3 Å². The maximum atomic E-state index is 10.8. The molecule has 0 unspecified atom stereocenters. The fourth-order valence-electron chi connectivity index (χ4n) is 0.797. The van der Waals surface area contributed by atoms with Crippen molar-refractivity contribution in [3.8, 4) is 0 Å². The summed E-state index contributed by atoms with van der Waals surface area (Å²) in [6.07, 6.45) is -0.513. The third-order valence-corrected chi connectivity index (χ3v) is 1.16. The van der Waals surface area contributed by atoms with Crippen LogP contribution in [0.3, 0.4) is 0 Å². The zero-order chi connectivity index (χ0) is 10.3. The quantitative estimate of drug-likeness (QED) is 0.520. The van der Waals surface area contributed by atoms with Gasteiger partial charge in [0, 0.05) is 12.3 Å². The van der Waals surface area contributed by atoms with Gasteiger partial charge in [0.25, 0.3) is 0 Å². The third kappa shape index (κ3) is 7.27. The second-order valence-electron chi connectivity index (χ2n) is 2.92. The van der Waals surface area contributed by atoms with Crippen molar-refractivity contribution in [2.24, 2.45) is 5.10 Å². The third-order valence-electron chi connectivity index (χ3n) is 1.16. The highest BCUT2D eigenvalue weighted by molar-refractivity contribution is 5.84. The van der Waals surface area contributed by atoms with E-state index in [1.54, 1.807) is 6.92 Å². The lowest BCUT2D eigenvalue weighted by Crippen LogP contribution is -2.25. The molecule has 1 amide bonds. The highest BCUT2D eigenvalue weighted by Crippen LogP contribution is 1.81. The van der Waals surface area contributed by atoms with Crippen molar-refractivity contribution >= 4 is 11.8 Å². The van der Waals surface area contributed by atoms with E-state index in [1.165, 1.54) is 0 Å². The van der Waals surface area contributed by atoms with Gasteiger partial charge in [-0.25, -0.2) is 10.2 Å². The molecule has 0 aromatic rings. The van der Waals surface area contributed by atoms with Gasteiger partial charge in [0.1, 0.15) is 0 Å². The maximum absolute atomic E-state index is 10.8. The first-order valence-electron chi connectivity index (χ1n) is 4.17. The Labute approximate surface area is 78.7 Å². The molecular formula is C8H17N3O2. The van der Waals surface area contributed by atoms with E-state index in [0.29, 0.717) is 13.2 Å². The Morgan fingerprint density at radius 3 is 2.62 bits per heavy atom. The van der Waals surface area contributed by atoms with Crippen LogP contribution in [0.5, 0.6) is 0 Å². The SMILES string of the molecule is CCOC(=O)N/N=C(\C)CN(C)C. The molecule has 0 saturated heterocycles. The summed E-state index contributed by atoms with van der Waals surface area (Å²) < 4.78 is 4.63. The maximum Gasteiger partial charge on any atom is 0.427 e. The van der Waals surface area contributed by atoms with E-state index in [1.807, 2.05) is 25.9 Å². The Hall–Kier alpha value is -1.10. The summed E-state index contributed by atoms with van der Waals surface area (Å²) in [5, 5.41) is 3.83. The zero-order valence-corrected chi connectivity index (χ0v) is 8.63. The van der Waals surface area contributed by atoms with Crippen molar-refractivity contribution in [1.29, 1.82) is 0 Å². The van der Waals surface area contributed by atoms with Crippen LogP contribution in [-0.2, 0) is 4.74 Å². The standard InChI is InChI=1S/C8H17N3O2/c1-5-13-8(12)10-9-7(2)6-11(3)4/h5-6H2,1-4H3,(H,10,12)/b9-7+. The van der Waals surface area contributed by atoms with Crippen LogP contribution in [0.4, 0.5) is 4.79 Å². The number of hydrogen-bond acceptors (Lipinski definition) is 4. The molecule has 0 aliphatic rings. The molecular weight excluding hydrogens is 170 g/mol. The monoisotopic (exact) mass is 187 g/mol. The Balaban J connectivity index is 3.75. The predicted molar refractivity (Wildman–Crippen MR) is 51.8 cm³/mol. The summed E-state index contributed by atoms with van der Waals surface area (Å²) in [7, 11) is 3.87. The average molecular weight is 187 g/mol. The summed E-state index contributed by atoms with van der Waals surface area (Å²) in [6, 6.07) is 0. The van der Waals surface area contributed by atoms with E-state index in [9.17, 15) is 4.79 Å². The van der Waals surface area contributed by atoms with Gasteiger partial charge < -0.3 is 9.64 Å². The van der Waals surface area contributed by atoms with E-state index in [0.717, 1.165) is 5.71 Å². The normalized spacial score (nSPS) is 11.6. The van der Waals surface area contributed by atoms with Gasteiger partial charge in [-0.2, -0.15) is 5.10 Å². The van der Waals surface area contributed by atoms with Gasteiger partial charge in [0.05, 0.1) is 6.61 Å². The van der Waals surface area contributed by atoms with Crippen LogP contribution < -0.4 is 5.43 Å². The van der Waals surface area contributed by atoms with E-state index < -0.39 is 6.09 Å². The Morgan fingerprint density at radius 1 is 1.54 bits per heavy atom. The fraction of sp³-hybridized carbons (Fsp3) is 0.750. The topological polar surface area (TPSA) is 53.9 Å². The van der Waals surface area contributed by atoms with E-state index in [-0.39, 0.29) is 0 Å². The first-order valence-corrected chi connectivity index (χ1v) is 4.17. The van der Waals surface area contributed by atoms with Crippen LogP contribution in [0.15, 0.2) is 5.10 Å². The van der Waals surface area contributed by atoms with Gasteiger partial charge >= 0.3 is 6.09 Å². The Kier molecular flexibility index (Phi) is 5.88. The molecule has 0 aliphatic carbocycles. The number of hydrazone groups is 1. The number of amides is 1. The van der Waals surface area contributed by atoms with Crippen LogP contribution in [0, 0.1) is 0 Å². The summed E-state index contributed by atoms with van der Waals surface area (Å²) in [4.78, 5) is 12.7. The molecule has 0 aromatic carbocycles. The molecule has 0 saturated carbocycles. The molecule has 0 aliphatic heterocycles. The molecule has 0 heterocycles. The van der Waals surface area contributed by atoms with Crippen LogP contribution >= 0.6 is 0 Å². The van der Waals surface area contributed by atoms with Crippen LogP contribution in [0.25, 0.3) is 0 Å². The van der Waals surface area contributed by atoms with Crippen molar-refractivity contribution in [3.63, 3.8) is 0 Å². The van der Waals surface area contributed by atoms with Gasteiger partial charge in [-0.1, -0.05) is 0 Å². The second kappa shape index (κ2) is 6.42. The minimum absolute atomic E-state index is 0.355. The molecule has 0 spiro atoms.